The number of hydrogen-bond acceptors (Lipinski definition) is 3. The van der Waals surface area contributed by atoms with Crippen molar-refractivity contribution in [2.24, 2.45) is 0 Å². The number of carboxylic acid groups (broad SMARTS) is 1. The third-order valence-corrected chi connectivity index (χ3v) is 3.40. The maximum Gasteiger partial charge on any atom is 0.119 e. The highest BCUT2D eigenvalue weighted by molar-refractivity contribution is 6.31. The van der Waals surface area contributed by atoms with Crippen LogP contribution in [0.15, 0.2) is 18.2 Å². The van der Waals surface area contributed by atoms with E-state index in [9.17, 15) is 9.90 Å². The van der Waals surface area contributed by atoms with Crippen molar-refractivity contribution in [1.29, 1.82) is 0 Å². The van der Waals surface area contributed by atoms with Crippen LogP contribution in [-0.2, 0) is 11.3 Å². The van der Waals surface area contributed by atoms with Crippen molar-refractivity contribution >= 4 is 17.6 Å². The van der Waals surface area contributed by atoms with Crippen LogP contribution in [-0.4, -0.2) is 25.7 Å². The number of carboxylic acids is 1. The Balaban J connectivity index is 2.68. The summed E-state index contributed by atoms with van der Waals surface area (Å²) in [5, 5.41) is 11.0. The van der Waals surface area contributed by atoms with E-state index in [2.05, 4.69) is 13.8 Å². The van der Waals surface area contributed by atoms with Crippen LogP contribution in [0.25, 0.3) is 0 Å². The van der Waals surface area contributed by atoms with Crippen molar-refractivity contribution in [3.05, 3.63) is 28.8 Å². The fourth-order valence-electron chi connectivity index (χ4n) is 1.80. The second kappa shape index (κ2) is 8.02. The third-order valence-electron chi connectivity index (χ3n) is 3.03. The molecule has 1 N–H and O–H groups in total. The summed E-state index contributed by atoms with van der Waals surface area (Å²) in [6, 6.07) is 5.41. The van der Waals surface area contributed by atoms with Crippen LogP contribution in [0.5, 0.6) is 5.75 Å². The Morgan fingerprint density at radius 1 is 1.37 bits per heavy atom. The molecule has 0 unspecified atom stereocenters. The summed E-state index contributed by atoms with van der Waals surface area (Å²) in [4.78, 5) is 11.7. The molecule has 0 heterocycles. The summed E-state index contributed by atoms with van der Waals surface area (Å²) >= 11 is 6.17. The molecule has 0 bridgehead atoms. The first kappa shape index (κ1) is 15.8. The largest absolute Gasteiger partial charge is 0.550 e. The average Bonchev–Trinajstić information content (AvgIpc) is 2.38. The molecule has 0 aliphatic carbocycles. The predicted octanol–water partition coefficient (Wildman–Crippen LogP) is 0.284. The number of hydrogen-bond donors (Lipinski definition) is 1. The van der Waals surface area contributed by atoms with Gasteiger partial charge in [-0.1, -0.05) is 11.6 Å². The van der Waals surface area contributed by atoms with Gasteiger partial charge in [-0.25, -0.2) is 0 Å². The van der Waals surface area contributed by atoms with Crippen molar-refractivity contribution in [2.75, 3.05) is 19.7 Å². The molecule has 1 aromatic carbocycles. The van der Waals surface area contributed by atoms with E-state index in [0.29, 0.717) is 10.8 Å². The molecule has 0 saturated heterocycles. The van der Waals surface area contributed by atoms with Gasteiger partial charge >= 0.3 is 0 Å². The molecular weight excluding hydrogens is 266 g/mol. The lowest BCUT2D eigenvalue weighted by atomic mass is 10.2. The van der Waals surface area contributed by atoms with Crippen LogP contribution in [0.2, 0.25) is 5.02 Å². The zero-order valence-corrected chi connectivity index (χ0v) is 12.1. The van der Waals surface area contributed by atoms with Crippen molar-refractivity contribution < 1.29 is 19.5 Å². The summed E-state index contributed by atoms with van der Waals surface area (Å²) in [6.07, 6.45) is -0.112. The molecule has 19 heavy (non-hydrogen) atoms. The van der Waals surface area contributed by atoms with Crippen LogP contribution < -0.4 is 14.7 Å². The zero-order chi connectivity index (χ0) is 14.3. The standard InChI is InChI=1S/C14H20ClNO3/c1-3-16(4-2)10-11-9-12(5-6-13(11)15)19-8-7-14(17)18/h5-6,9H,3-4,7-8,10H2,1-2H3,(H,17,18). The molecule has 106 valence electrons. The van der Waals surface area contributed by atoms with Crippen molar-refractivity contribution in [3.63, 3.8) is 0 Å². The lowest BCUT2D eigenvalue weighted by Crippen LogP contribution is -3.10. The maximum atomic E-state index is 10.3. The molecule has 0 fully saturated rings. The van der Waals surface area contributed by atoms with Gasteiger partial charge in [-0.2, -0.15) is 0 Å². The Morgan fingerprint density at radius 2 is 2.05 bits per heavy atom. The van der Waals surface area contributed by atoms with Crippen LogP contribution in [0.4, 0.5) is 0 Å². The molecule has 0 spiro atoms. The van der Waals surface area contributed by atoms with Gasteiger partial charge < -0.3 is 19.5 Å². The predicted molar refractivity (Wildman–Crippen MR) is 72.3 cm³/mol. The molecule has 0 atom stereocenters. The van der Waals surface area contributed by atoms with Gasteiger partial charge in [0.05, 0.1) is 19.7 Å². The van der Waals surface area contributed by atoms with Crippen LogP contribution in [0.1, 0.15) is 25.8 Å². The van der Waals surface area contributed by atoms with Crippen molar-refractivity contribution in [1.82, 2.24) is 0 Å². The molecule has 0 radical (unpaired) electrons. The van der Waals surface area contributed by atoms with Gasteiger partial charge in [-0.05, 0) is 32.0 Å². The van der Waals surface area contributed by atoms with Crippen LogP contribution in [0.3, 0.4) is 0 Å². The number of halogens is 1. The van der Waals surface area contributed by atoms with E-state index in [-0.39, 0.29) is 13.0 Å². The molecule has 0 aliphatic rings. The quantitative estimate of drug-likeness (QED) is 0.747. The van der Waals surface area contributed by atoms with Crippen LogP contribution >= 0.6 is 11.6 Å². The Hall–Kier alpha value is -1.26. The van der Waals surface area contributed by atoms with Gasteiger partial charge in [0.2, 0.25) is 0 Å². The third kappa shape index (κ3) is 5.49. The number of quaternary nitrogens is 1. The van der Waals surface area contributed by atoms with E-state index in [1.54, 1.807) is 12.1 Å². The highest BCUT2D eigenvalue weighted by atomic mass is 35.5. The van der Waals surface area contributed by atoms with Crippen LogP contribution in [0, 0.1) is 0 Å². The summed E-state index contributed by atoms with van der Waals surface area (Å²) in [5.74, 6) is -0.464. The van der Waals surface area contributed by atoms with E-state index in [4.69, 9.17) is 16.3 Å². The van der Waals surface area contributed by atoms with E-state index in [0.717, 1.165) is 25.2 Å². The van der Waals surface area contributed by atoms with Crippen molar-refractivity contribution in [3.8, 4) is 5.75 Å². The topological polar surface area (TPSA) is 53.8 Å². The summed E-state index contributed by atoms with van der Waals surface area (Å²) in [7, 11) is 0. The molecule has 0 aliphatic heterocycles. The number of aliphatic carboxylic acids is 1. The minimum absolute atomic E-state index is 0.112. The Labute approximate surface area is 118 Å². The van der Waals surface area contributed by atoms with Crippen molar-refractivity contribution in [2.45, 2.75) is 26.8 Å². The SMILES string of the molecule is CC[NH+](CC)Cc1cc(OCCC(=O)[O-])ccc1Cl. The molecule has 0 amide bonds. The minimum Gasteiger partial charge on any atom is -0.550 e. The first-order chi connectivity index (χ1) is 9.06. The number of ether oxygens (including phenoxy) is 1. The fraction of sp³-hybridized carbons (Fsp3) is 0.500. The second-order valence-corrected chi connectivity index (χ2v) is 4.76. The lowest BCUT2D eigenvalue weighted by Gasteiger charge is -2.17. The van der Waals surface area contributed by atoms with E-state index >= 15 is 0 Å². The molecule has 5 heteroatoms. The molecule has 0 saturated carbocycles. The van der Waals surface area contributed by atoms with Gasteiger partial charge in [-0.3, -0.25) is 0 Å². The number of rotatable bonds is 8. The van der Waals surface area contributed by atoms with E-state index in [1.807, 2.05) is 6.07 Å². The first-order valence-corrected chi connectivity index (χ1v) is 6.89. The monoisotopic (exact) mass is 285 g/mol. The smallest absolute Gasteiger partial charge is 0.119 e. The highest BCUT2D eigenvalue weighted by Crippen LogP contribution is 2.21. The summed E-state index contributed by atoms with van der Waals surface area (Å²) in [6.45, 7) is 7.27. The van der Waals surface area contributed by atoms with E-state index < -0.39 is 5.97 Å². The first-order valence-electron chi connectivity index (χ1n) is 6.51. The van der Waals surface area contributed by atoms with Gasteiger partial charge in [0.15, 0.2) is 0 Å². The Morgan fingerprint density at radius 3 is 2.63 bits per heavy atom. The molecule has 1 rings (SSSR count). The fourth-order valence-corrected chi connectivity index (χ4v) is 1.98. The lowest BCUT2D eigenvalue weighted by molar-refractivity contribution is -0.910. The molecule has 1 aromatic rings. The number of carbonyl (C=O) groups is 1. The zero-order valence-electron chi connectivity index (χ0n) is 11.4. The highest BCUT2D eigenvalue weighted by Gasteiger charge is 2.09. The molecule has 0 aromatic heterocycles. The van der Waals surface area contributed by atoms with Gasteiger partial charge in [0.25, 0.3) is 0 Å². The second-order valence-electron chi connectivity index (χ2n) is 4.36. The van der Waals surface area contributed by atoms with Gasteiger partial charge in [0.1, 0.15) is 12.3 Å². The molecule has 4 nitrogen and oxygen atoms in total. The maximum absolute atomic E-state index is 10.3. The number of carbonyl (C=O) groups excluding carboxylic acids is 1. The minimum atomic E-state index is -1.11. The summed E-state index contributed by atoms with van der Waals surface area (Å²) in [5.41, 5.74) is 1.02. The molecular formula is C14H20ClNO3. The average molecular weight is 286 g/mol. The summed E-state index contributed by atoms with van der Waals surface area (Å²) < 4.78 is 5.37. The normalized spacial score (nSPS) is 10.7. The number of benzene rings is 1. The Bertz CT molecular complexity index is 419. The number of nitrogens with one attached hydrogen (secondary N) is 1. The van der Waals surface area contributed by atoms with E-state index in [1.165, 1.54) is 4.90 Å². The van der Waals surface area contributed by atoms with Gasteiger partial charge in [-0.15, -0.1) is 0 Å². The van der Waals surface area contributed by atoms with Gasteiger partial charge in [0, 0.05) is 23.0 Å². The Kier molecular flexibility index (Phi) is 6.67.